The van der Waals surface area contributed by atoms with Crippen molar-refractivity contribution in [3.63, 3.8) is 0 Å². The number of benzene rings is 2. The van der Waals surface area contributed by atoms with Crippen LogP contribution >= 0.6 is 0 Å². The first-order chi connectivity index (χ1) is 12.0. The third-order valence-electron chi connectivity index (χ3n) is 3.50. The number of nitrogens with one attached hydrogen (secondary N) is 1. The van der Waals surface area contributed by atoms with Gasteiger partial charge in [0.05, 0.1) is 17.0 Å². The third-order valence-corrected chi connectivity index (χ3v) is 3.50. The van der Waals surface area contributed by atoms with Gasteiger partial charge in [-0.3, -0.25) is 9.59 Å². The Morgan fingerprint density at radius 2 is 1.72 bits per heavy atom. The molecule has 1 aromatic heterocycles. The molecule has 0 spiro atoms. The summed E-state index contributed by atoms with van der Waals surface area (Å²) in [6.07, 6.45) is 0. The number of anilines is 1. The van der Waals surface area contributed by atoms with Gasteiger partial charge in [0.1, 0.15) is 18.1 Å². The van der Waals surface area contributed by atoms with Gasteiger partial charge in [0.25, 0.3) is 5.56 Å². The highest BCUT2D eigenvalue weighted by atomic mass is 19.1. The molecule has 0 atom stereocenters. The summed E-state index contributed by atoms with van der Waals surface area (Å²) in [6.45, 7) is -0.571. The van der Waals surface area contributed by atoms with Crippen molar-refractivity contribution in [2.75, 3.05) is 5.32 Å². The van der Waals surface area contributed by atoms with Gasteiger partial charge in [0.15, 0.2) is 0 Å². The highest BCUT2D eigenvalue weighted by molar-refractivity contribution is 6.00. The van der Waals surface area contributed by atoms with Crippen molar-refractivity contribution in [1.29, 1.82) is 0 Å². The molecule has 0 saturated carbocycles. The first-order valence-electron chi connectivity index (χ1n) is 7.23. The number of carboxylic acids is 1. The predicted molar refractivity (Wildman–Crippen MR) is 85.4 cm³/mol. The van der Waals surface area contributed by atoms with E-state index in [1.807, 2.05) is 0 Å². The quantitative estimate of drug-likeness (QED) is 0.746. The Hall–Kier alpha value is -3.55. The minimum atomic E-state index is -1.57. The van der Waals surface area contributed by atoms with Crippen molar-refractivity contribution in [2.24, 2.45) is 0 Å². The summed E-state index contributed by atoms with van der Waals surface area (Å²) >= 11 is 0. The maximum Gasteiger partial charge on any atom is 0.275 e. The highest BCUT2D eigenvalue weighted by Crippen LogP contribution is 2.14. The lowest BCUT2D eigenvalue weighted by Crippen LogP contribution is -2.34. The molecule has 0 radical (unpaired) electrons. The van der Waals surface area contributed by atoms with Gasteiger partial charge in [-0.1, -0.05) is 30.3 Å². The molecule has 0 saturated heterocycles. The molecule has 25 heavy (non-hydrogen) atoms. The zero-order valence-electron chi connectivity index (χ0n) is 12.7. The summed E-state index contributed by atoms with van der Waals surface area (Å²) < 4.78 is 14.3. The molecule has 0 aliphatic heterocycles. The van der Waals surface area contributed by atoms with Crippen molar-refractivity contribution in [2.45, 2.75) is 6.54 Å². The predicted octanol–water partition coefficient (Wildman–Crippen LogP) is 0.538. The second kappa shape index (κ2) is 6.52. The molecule has 1 heterocycles. The van der Waals surface area contributed by atoms with Crippen LogP contribution in [-0.2, 0) is 11.3 Å². The number of fused-ring (bicyclic) bond motifs is 1. The number of amides is 1. The topological polar surface area (TPSA) is 104 Å². The normalized spacial score (nSPS) is 10.6. The van der Waals surface area contributed by atoms with E-state index in [1.54, 1.807) is 12.1 Å². The SMILES string of the molecule is O=C(Cn1nc(C(=O)[O-])c2ccccc2c1=O)Nc1ccccc1F. The fourth-order valence-corrected chi connectivity index (χ4v) is 2.38. The van der Waals surface area contributed by atoms with E-state index in [0.29, 0.717) is 4.68 Å². The molecule has 2 aromatic carbocycles. The minimum Gasteiger partial charge on any atom is -0.543 e. The van der Waals surface area contributed by atoms with Crippen LogP contribution in [0, 0.1) is 5.82 Å². The van der Waals surface area contributed by atoms with Gasteiger partial charge < -0.3 is 15.2 Å². The van der Waals surface area contributed by atoms with Crippen molar-refractivity contribution < 1.29 is 19.1 Å². The average molecular weight is 340 g/mol. The Kier molecular flexibility index (Phi) is 4.25. The fraction of sp³-hybridized carbons (Fsp3) is 0.0588. The maximum atomic E-state index is 13.6. The molecule has 1 amide bonds. The number of nitrogens with zero attached hydrogens (tertiary/aromatic N) is 2. The molecule has 1 N–H and O–H groups in total. The van der Waals surface area contributed by atoms with Crippen LogP contribution in [0.3, 0.4) is 0 Å². The van der Waals surface area contributed by atoms with Crippen molar-refractivity contribution in [3.05, 3.63) is 70.4 Å². The van der Waals surface area contributed by atoms with Crippen LogP contribution < -0.4 is 16.0 Å². The maximum absolute atomic E-state index is 13.6. The Bertz CT molecular complexity index is 1050. The summed E-state index contributed by atoms with van der Waals surface area (Å²) in [4.78, 5) is 35.7. The number of carbonyl (C=O) groups is 2. The van der Waals surface area contributed by atoms with Crippen LogP contribution in [0.25, 0.3) is 10.8 Å². The molecule has 0 aliphatic rings. The Morgan fingerprint density at radius 3 is 2.40 bits per heavy atom. The average Bonchev–Trinajstić information content (AvgIpc) is 2.59. The summed E-state index contributed by atoms with van der Waals surface area (Å²) in [7, 11) is 0. The minimum absolute atomic E-state index is 0.0542. The number of aromatic carboxylic acids is 1. The molecule has 3 rings (SSSR count). The fourth-order valence-electron chi connectivity index (χ4n) is 2.38. The van der Waals surface area contributed by atoms with Crippen LogP contribution in [0.5, 0.6) is 0 Å². The van der Waals surface area contributed by atoms with Gasteiger partial charge in [-0.25, -0.2) is 9.07 Å². The number of carboxylic acid groups (broad SMARTS) is 1. The number of hydrogen-bond acceptors (Lipinski definition) is 5. The number of hydrogen-bond donors (Lipinski definition) is 1. The Labute approximate surface area is 140 Å². The largest absolute Gasteiger partial charge is 0.543 e. The summed E-state index contributed by atoms with van der Waals surface area (Å²) in [5, 5.41) is 17.5. The lowest BCUT2D eigenvalue weighted by molar-refractivity contribution is -0.255. The van der Waals surface area contributed by atoms with E-state index in [4.69, 9.17) is 0 Å². The zero-order valence-corrected chi connectivity index (χ0v) is 12.7. The molecule has 0 bridgehead atoms. The van der Waals surface area contributed by atoms with E-state index in [9.17, 15) is 23.9 Å². The van der Waals surface area contributed by atoms with Gasteiger partial charge in [0.2, 0.25) is 5.91 Å². The molecule has 3 aromatic rings. The van der Waals surface area contributed by atoms with Crippen LogP contribution in [-0.4, -0.2) is 21.7 Å². The van der Waals surface area contributed by atoms with E-state index in [-0.39, 0.29) is 16.5 Å². The highest BCUT2D eigenvalue weighted by Gasteiger charge is 2.14. The monoisotopic (exact) mass is 340 g/mol. The van der Waals surface area contributed by atoms with E-state index in [0.717, 1.165) is 0 Å². The second-order valence-corrected chi connectivity index (χ2v) is 5.17. The van der Waals surface area contributed by atoms with E-state index >= 15 is 0 Å². The van der Waals surface area contributed by atoms with Gasteiger partial charge in [0, 0.05) is 5.39 Å². The number of halogens is 1. The van der Waals surface area contributed by atoms with Gasteiger partial charge in [-0.05, 0) is 18.2 Å². The smallest absolute Gasteiger partial charge is 0.275 e. The number of para-hydroxylation sites is 1. The number of rotatable bonds is 4. The third kappa shape index (κ3) is 3.23. The summed E-state index contributed by atoms with van der Waals surface area (Å²) in [6, 6.07) is 11.5. The zero-order chi connectivity index (χ0) is 18.0. The Morgan fingerprint density at radius 1 is 1.08 bits per heavy atom. The first kappa shape index (κ1) is 16.3. The molecular formula is C17H11FN3O4-. The van der Waals surface area contributed by atoms with Gasteiger partial charge in [-0.2, -0.15) is 5.10 Å². The number of carbonyl (C=O) groups excluding carboxylic acids is 2. The Balaban J connectivity index is 1.97. The lowest BCUT2D eigenvalue weighted by atomic mass is 10.1. The van der Waals surface area contributed by atoms with Gasteiger partial charge >= 0.3 is 0 Å². The molecular weight excluding hydrogens is 329 g/mol. The standard InChI is InChI=1S/C17H12FN3O4/c18-12-7-3-4-8-13(12)19-14(22)9-21-16(23)11-6-2-1-5-10(11)15(20-21)17(24)25/h1-8H,9H2,(H,19,22)(H,24,25)/p-1. The van der Waals surface area contributed by atoms with E-state index < -0.39 is 35.5 Å². The van der Waals surface area contributed by atoms with Crippen LogP contribution in [0.15, 0.2) is 53.3 Å². The van der Waals surface area contributed by atoms with E-state index in [2.05, 4.69) is 10.4 Å². The molecule has 0 aliphatic carbocycles. The molecule has 8 heteroatoms. The van der Waals surface area contributed by atoms with Gasteiger partial charge in [-0.15, -0.1) is 0 Å². The number of aromatic nitrogens is 2. The first-order valence-corrected chi connectivity index (χ1v) is 7.23. The van der Waals surface area contributed by atoms with Crippen molar-refractivity contribution in [3.8, 4) is 0 Å². The molecule has 7 nitrogen and oxygen atoms in total. The molecule has 126 valence electrons. The molecule has 0 unspecified atom stereocenters. The van der Waals surface area contributed by atoms with Crippen LogP contribution in [0.1, 0.15) is 10.5 Å². The lowest BCUT2D eigenvalue weighted by Gasteiger charge is -2.12. The van der Waals surface area contributed by atoms with Crippen molar-refractivity contribution >= 4 is 28.3 Å². The van der Waals surface area contributed by atoms with Crippen LogP contribution in [0.2, 0.25) is 0 Å². The molecule has 0 fully saturated rings. The summed E-state index contributed by atoms with van der Waals surface area (Å²) in [5.41, 5.74) is -1.14. The van der Waals surface area contributed by atoms with Crippen LogP contribution in [0.4, 0.5) is 10.1 Å². The summed E-state index contributed by atoms with van der Waals surface area (Å²) in [5.74, 6) is -2.93. The van der Waals surface area contributed by atoms with E-state index in [1.165, 1.54) is 36.4 Å². The van der Waals surface area contributed by atoms with Crippen molar-refractivity contribution in [1.82, 2.24) is 9.78 Å². The second-order valence-electron chi connectivity index (χ2n) is 5.17.